The van der Waals surface area contributed by atoms with Crippen molar-refractivity contribution >= 4 is 23.2 Å². The van der Waals surface area contributed by atoms with Crippen LogP contribution < -0.4 is 10.6 Å². The van der Waals surface area contributed by atoms with Crippen molar-refractivity contribution in [3.8, 4) is 0 Å². The van der Waals surface area contributed by atoms with E-state index in [4.69, 9.17) is 21.4 Å². The number of halogens is 1. The third kappa shape index (κ3) is 6.56. The van der Waals surface area contributed by atoms with Gasteiger partial charge in [-0.3, -0.25) is 4.79 Å². The van der Waals surface area contributed by atoms with Crippen molar-refractivity contribution < 1.29 is 14.6 Å². The number of amides is 1. The van der Waals surface area contributed by atoms with Crippen LogP contribution >= 0.6 is 11.6 Å². The molecule has 0 bridgehead atoms. The average Bonchev–Trinajstić information content (AvgIpc) is 2.33. The van der Waals surface area contributed by atoms with Gasteiger partial charge in [-0.25, -0.2) is 0 Å². The van der Waals surface area contributed by atoms with E-state index in [0.717, 1.165) is 0 Å². The number of carbonyl (C=O) groups is 1. The van der Waals surface area contributed by atoms with E-state index in [0.29, 0.717) is 30.5 Å². The van der Waals surface area contributed by atoms with Crippen LogP contribution in [0.5, 0.6) is 0 Å². The predicted octanol–water partition coefficient (Wildman–Crippen LogP) is 0.877. The molecule has 1 aromatic carbocycles. The highest BCUT2D eigenvalue weighted by atomic mass is 35.5. The fourth-order valence-corrected chi connectivity index (χ4v) is 1.47. The van der Waals surface area contributed by atoms with Crippen molar-refractivity contribution in [2.24, 2.45) is 0 Å². The lowest BCUT2D eigenvalue weighted by Gasteiger charge is -2.07. The molecule has 5 nitrogen and oxygen atoms in total. The standard InChI is InChI=1S/C12H17ClN2O3/c13-10-2-1-3-11(8-10)15-12(17)9-14-4-6-18-7-5-16/h1-3,8,14,16H,4-7,9H2,(H,15,17). The Labute approximate surface area is 111 Å². The fraction of sp³-hybridized carbons (Fsp3) is 0.417. The molecular formula is C12H17ClN2O3. The van der Waals surface area contributed by atoms with Crippen molar-refractivity contribution in [3.05, 3.63) is 29.3 Å². The molecule has 3 N–H and O–H groups in total. The average molecular weight is 273 g/mol. The van der Waals surface area contributed by atoms with Crippen molar-refractivity contribution in [3.63, 3.8) is 0 Å². The van der Waals surface area contributed by atoms with E-state index in [-0.39, 0.29) is 19.1 Å². The number of anilines is 1. The van der Waals surface area contributed by atoms with E-state index < -0.39 is 0 Å². The van der Waals surface area contributed by atoms with Crippen LogP contribution in [0.15, 0.2) is 24.3 Å². The molecule has 0 saturated heterocycles. The first kappa shape index (κ1) is 14.9. The smallest absolute Gasteiger partial charge is 0.238 e. The van der Waals surface area contributed by atoms with E-state index in [1.165, 1.54) is 0 Å². The molecule has 0 radical (unpaired) electrons. The molecule has 0 saturated carbocycles. The molecule has 1 aromatic rings. The molecule has 18 heavy (non-hydrogen) atoms. The van der Waals surface area contributed by atoms with Crippen LogP contribution in [0.2, 0.25) is 5.02 Å². The van der Waals surface area contributed by atoms with Crippen LogP contribution in [0.4, 0.5) is 5.69 Å². The molecular weight excluding hydrogens is 256 g/mol. The number of hydrogen-bond donors (Lipinski definition) is 3. The van der Waals surface area contributed by atoms with Gasteiger partial charge in [-0.1, -0.05) is 17.7 Å². The van der Waals surface area contributed by atoms with Gasteiger partial charge in [-0.15, -0.1) is 0 Å². The Morgan fingerprint density at radius 1 is 1.39 bits per heavy atom. The van der Waals surface area contributed by atoms with Crippen LogP contribution in [0.25, 0.3) is 0 Å². The maximum absolute atomic E-state index is 11.5. The Hall–Kier alpha value is -1.14. The second-order valence-corrected chi connectivity index (χ2v) is 4.01. The summed E-state index contributed by atoms with van der Waals surface area (Å²) in [5.41, 5.74) is 0.672. The summed E-state index contributed by atoms with van der Waals surface area (Å²) in [5, 5.41) is 14.7. The van der Waals surface area contributed by atoms with E-state index in [1.807, 2.05) is 0 Å². The molecule has 0 aromatic heterocycles. The fourth-order valence-electron chi connectivity index (χ4n) is 1.28. The van der Waals surface area contributed by atoms with Crippen LogP contribution in [0.1, 0.15) is 0 Å². The number of benzene rings is 1. The predicted molar refractivity (Wildman–Crippen MR) is 70.9 cm³/mol. The van der Waals surface area contributed by atoms with Crippen LogP contribution in [-0.2, 0) is 9.53 Å². The monoisotopic (exact) mass is 272 g/mol. The molecule has 100 valence electrons. The first-order chi connectivity index (χ1) is 8.72. The Bertz CT molecular complexity index is 374. The minimum atomic E-state index is -0.139. The van der Waals surface area contributed by atoms with Crippen LogP contribution in [0.3, 0.4) is 0 Å². The normalized spacial score (nSPS) is 10.3. The lowest BCUT2D eigenvalue weighted by atomic mass is 10.3. The molecule has 0 heterocycles. The number of rotatable bonds is 8. The van der Waals surface area contributed by atoms with Gasteiger partial charge in [0, 0.05) is 17.3 Å². The number of aliphatic hydroxyl groups is 1. The van der Waals surface area contributed by atoms with Gasteiger partial charge in [0.1, 0.15) is 0 Å². The van der Waals surface area contributed by atoms with E-state index in [1.54, 1.807) is 24.3 Å². The minimum Gasteiger partial charge on any atom is -0.394 e. The molecule has 0 aliphatic carbocycles. The number of carbonyl (C=O) groups excluding carboxylic acids is 1. The summed E-state index contributed by atoms with van der Waals surface area (Å²) >= 11 is 5.80. The Kier molecular flexibility index (Phi) is 7.36. The largest absolute Gasteiger partial charge is 0.394 e. The zero-order valence-corrected chi connectivity index (χ0v) is 10.7. The molecule has 0 spiro atoms. The topological polar surface area (TPSA) is 70.6 Å². The van der Waals surface area contributed by atoms with Gasteiger partial charge < -0.3 is 20.5 Å². The number of aliphatic hydroxyl groups excluding tert-OH is 1. The van der Waals surface area contributed by atoms with Gasteiger partial charge in [0.15, 0.2) is 0 Å². The maximum atomic E-state index is 11.5. The van der Waals surface area contributed by atoms with Crippen molar-refractivity contribution in [2.75, 3.05) is 38.2 Å². The zero-order valence-electron chi connectivity index (χ0n) is 9.99. The summed E-state index contributed by atoms with van der Waals surface area (Å²) in [6.07, 6.45) is 0. The highest BCUT2D eigenvalue weighted by Crippen LogP contribution is 2.14. The van der Waals surface area contributed by atoms with Crippen LogP contribution in [0, 0.1) is 0 Å². The summed E-state index contributed by atoms with van der Waals surface area (Å²) in [6.45, 7) is 1.55. The Morgan fingerprint density at radius 2 is 2.22 bits per heavy atom. The van der Waals surface area contributed by atoms with Gasteiger partial charge in [0.2, 0.25) is 5.91 Å². The third-order valence-corrected chi connectivity index (χ3v) is 2.29. The van der Waals surface area contributed by atoms with Gasteiger partial charge in [0.05, 0.1) is 26.4 Å². The summed E-state index contributed by atoms with van der Waals surface area (Å²) in [4.78, 5) is 11.5. The second-order valence-electron chi connectivity index (χ2n) is 3.57. The number of ether oxygens (including phenoxy) is 1. The first-order valence-electron chi connectivity index (χ1n) is 5.67. The first-order valence-corrected chi connectivity index (χ1v) is 6.05. The molecule has 1 amide bonds. The molecule has 0 atom stereocenters. The maximum Gasteiger partial charge on any atom is 0.238 e. The van der Waals surface area contributed by atoms with E-state index >= 15 is 0 Å². The Morgan fingerprint density at radius 3 is 2.94 bits per heavy atom. The quantitative estimate of drug-likeness (QED) is 0.615. The molecule has 0 fully saturated rings. The highest BCUT2D eigenvalue weighted by Gasteiger charge is 2.01. The summed E-state index contributed by atoms with van der Waals surface area (Å²) in [5.74, 6) is -0.139. The SMILES string of the molecule is O=C(CNCCOCCO)Nc1cccc(Cl)c1. The van der Waals surface area contributed by atoms with Gasteiger partial charge in [-0.2, -0.15) is 0 Å². The summed E-state index contributed by atoms with van der Waals surface area (Å²) in [7, 11) is 0. The van der Waals surface area contributed by atoms with Gasteiger partial charge in [0.25, 0.3) is 0 Å². The van der Waals surface area contributed by atoms with Crippen molar-refractivity contribution in [2.45, 2.75) is 0 Å². The number of nitrogens with one attached hydrogen (secondary N) is 2. The molecule has 6 heteroatoms. The van der Waals surface area contributed by atoms with E-state index in [9.17, 15) is 4.79 Å². The van der Waals surface area contributed by atoms with E-state index in [2.05, 4.69) is 10.6 Å². The summed E-state index contributed by atoms with van der Waals surface area (Å²) < 4.78 is 5.04. The highest BCUT2D eigenvalue weighted by molar-refractivity contribution is 6.30. The molecule has 0 unspecified atom stereocenters. The Balaban J connectivity index is 2.14. The van der Waals surface area contributed by atoms with Crippen molar-refractivity contribution in [1.29, 1.82) is 0 Å². The van der Waals surface area contributed by atoms with Gasteiger partial charge >= 0.3 is 0 Å². The second kappa shape index (κ2) is 8.88. The zero-order chi connectivity index (χ0) is 13.2. The minimum absolute atomic E-state index is 0.00918. The third-order valence-electron chi connectivity index (χ3n) is 2.05. The van der Waals surface area contributed by atoms with Crippen LogP contribution in [-0.4, -0.2) is 43.9 Å². The lowest BCUT2D eigenvalue weighted by Crippen LogP contribution is -2.30. The summed E-state index contributed by atoms with van der Waals surface area (Å²) in [6, 6.07) is 6.97. The van der Waals surface area contributed by atoms with Crippen molar-refractivity contribution in [1.82, 2.24) is 5.32 Å². The number of hydrogen-bond acceptors (Lipinski definition) is 4. The lowest BCUT2D eigenvalue weighted by molar-refractivity contribution is -0.115. The molecule has 0 aliphatic heterocycles. The molecule has 1 rings (SSSR count). The van der Waals surface area contributed by atoms with Gasteiger partial charge in [-0.05, 0) is 18.2 Å². The molecule has 0 aliphatic rings.